The molecule has 2 fully saturated rings. The van der Waals surface area contributed by atoms with Gasteiger partial charge in [-0.1, -0.05) is 82.3 Å². The van der Waals surface area contributed by atoms with Crippen molar-refractivity contribution in [3.8, 4) is 0 Å². The van der Waals surface area contributed by atoms with Crippen LogP contribution in [0.15, 0.2) is 42.5 Å². The minimum atomic E-state index is -1.03. The highest BCUT2D eigenvalue weighted by atomic mass is 16.6. The van der Waals surface area contributed by atoms with E-state index in [1.54, 1.807) is 62.3 Å². The molecule has 2 saturated heterocycles. The van der Waals surface area contributed by atoms with Crippen LogP contribution in [-0.4, -0.2) is 61.0 Å². The van der Waals surface area contributed by atoms with Gasteiger partial charge in [-0.15, -0.1) is 0 Å². The smallest absolute Gasteiger partial charge is 0.311 e. The van der Waals surface area contributed by atoms with Gasteiger partial charge in [0.1, 0.15) is 31.0 Å². The van der Waals surface area contributed by atoms with E-state index < -0.39 is 76.0 Å². The molecule has 2 aromatic carbocycles. The second-order valence-corrected chi connectivity index (χ2v) is 21.5. The minimum Gasteiger partial charge on any atom is -0.462 e. The Bertz CT molecular complexity index is 1880. The van der Waals surface area contributed by atoms with Crippen LogP contribution in [0.3, 0.4) is 0 Å². The number of hydrogen-bond acceptors (Lipinski definition) is 10. The number of carbonyl (C=O) groups is 4. The van der Waals surface area contributed by atoms with Crippen molar-refractivity contribution in [2.45, 2.75) is 167 Å². The number of hydrogen-bond donors (Lipinski definition) is 0. The summed E-state index contributed by atoms with van der Waals surface area (Å²) in [5.41, 5.74) is 1.69. The molecule has 0 amide bonds. The minimum absolute atomic E-state index is 0.0612. The lowest BCUT2D eigenvalue weighted by Gasteiger charge is -2.46. The second kappa shape index (κ2) is 19.2. The Labute approximate surface area is 365 Å². The zero-order chi connectivity index (χ0) is 46.0. The first-order chi connectivity index (χ1) is 28.0. The fraction of sp³-hybridized carbons (Fsp3) is 0.647. The maximum Gasteiger partial charge on any atom is 0.311 e. The van der Waals surface area contributed by atoms with Gasteiger partial charge in [0.25, 0.3) is 0 Å². The molecule has 0 unspecified atom stereocenters. The fourth-order valence-corrected chi connectivity index (χ4v) is 7.48. The summed E-state index contributed by atoms with van der Waals surface area (Å²) in [5.74, 6) is -1.67. The van der Waals surface area contributed by atoms with Crippen LogP contribution >= 0.6 is 0 Å². The van der Waals surface area contributed by atoms with E-state index in [9.17, 15) is 19.2 Å². The Balaban J connectivity index is 1.63. The summed E-state index contributed by atoms with van der Waals surface area (Å²) in [6.07, 6.45) is 0.831. The standard InChI is InChI=1S/C51H74O10/c1-18-37-30(3)31(4)40(59-45(53)49(9,10)11)42(57-37)35-24-21-33(22-25-35)19-20-34-23-26-36(29(2)27-34)39-32(5)41(60-46(54)50(12,13)14)43(61-47(55)51(15,16)17)38(58-39)28-56-44(52)48(6,7)8/h19-27,30-32,37-43H,18,28H2,1-17H3/b20-19+/t30-,31-,32+,37+,38+,39-,40-,41+,42+,43+/m0/s1. The average Bonchev–Trinajstić information content (AvgIpc) is 3.15. The van der Waals surface area contributed by atoms with E-state index >= 15 is 0 Å². The summed E-state index contributed by atoms with van der Waals surface area (Å²) in [5, 5.41) is 0. The van der Waals surface area contributed by atoms with Crippen molar-refractivity contribution in [1.82, 2.24) is 0 Å². The molecule has 4 rings (SSSR count). The number of ether oxygens (including phenoxy) is 6. The molecule has 338 valence electrons. The van der Waals surface area contributed by atoms with Crippen molar-refractivity contribution in [3.63, 3.8) is 0 Å². The molecular weight excluding hydrogens is 773 g/mol. The van der Waals surface area contributed by atoms with E-state index in [4.69, 9.17) is 28.4 Å². The van der Waals surface area contributed by atoms with Gasteiger partial charge in [0.05, 0.1) is 33.9 Å². The Morgan fingerprint density at radius 2 is 1.02 bits per heavy atom. The molecular formula is C51H74O10. The van der Waals surface area contributed by atoms with Gasteiger partial charge in [-0.2, -0.15) is 0 Å². The Hall–Kier alpha value is -4.02. The van der Waals surface area contributed by atoms with Crippen LogP contribution in [0.5, 0.6) is 0 Å². The highest BCUT2D eigenvalue weighted by molar-refractivity contribution is 5.77. The zero-order valence-electron chi connectivity index (χ0n) is 40.0. The van der Waals surface area contributed by atoms with Crippen LogP contribution in [0.25, 0.3) is 12.2 Å². The molecule has 0 aromatic heterocycles. The first-order valence-electron chi connectivity index (χ1n) is 22.0. The summed E-state index contributed by atoms with van der Waals surface area (Å²) in [7, 11) is 0. The van der Waals surface area contributed by atoms with E-state index in [-0.39, 0.29) is 36.6 Å². The number of benzene rings is 2. The van der Waals surface area contributed by atoms with E-state index in [1.165, 1.54) is 0 Å². The van der Waals surface area contributed by atoms with Gasteiger partial charge >= 0.3 is 23.9 Å². The summed E-state index contributed by atoms with van der Waals surface area (Å²) in [6.45, 7) is 31.7. The molecule has 2 aromatic rings. The maximum absolute atomic E-state index is 13.5. The van der Waals surface area contributed by atoms with Crippen molar-refractivity contribution in [2.24, 2.45) is 39.4 Å². The molecule has 0 bridgehead atoms. The summed E-state index contributed by atoms with van der Waals surface area (Å²) >= 11 is 0. The molecule has 10 nitrogen and oxygen atoms in total. The van der Waals surface area contributed by atoms with Crippen LogP contribution in [0.4, 0.5) is 0 Å². The molecule has 10 atom stereocenters. The molecule has 2 aliphatic heterocycles. The molecule has 61 heavy (non-hydrogen) atoms. The van der Waals surface area contributed by atoms with E-state index in [1.807, 2.05) is 58.9 Å². The molecule has 2 aliphatic rings. The topological polar surface area (TPSA) is 124 Å². The quantitative estimate of drug-likeness (QED) is 0.130. The highest BCUT2D eigenvalue weighted by Crippen LogP contribution is 2.44. The van der Waals surface area contributed by atoms with Crippen molar-refractivity contribution >= 4 is 36.0 Å². The predicted molar refractivity (Wildman–Crippen MR) is 238 cm³/mol. The van der Waals surface area contributed by atoms with Gasteiger partial charge in [0, 0.05) is 11.8 Å². The van der Waals surface area contributed by atoms with Crippen LogP contribution in [0.1, 0.15) is 157 Å². The van der Waals surface area contributed by atoms with Crippen molar-refractivity contribution in [2.75, 3.05) is 6.61 Å². The highest BCUT2D eigenvalue weighted by Gasteiger charge is 2.51. The molecule has 0 aliphatic carbocycles. The lowest BCUT2D eigenvalue weighted by atomic mass is 9.78. The van der Waals surface area contributed by atoms with Crippen molar-refractivity contribution < 1.29 is 47.6 Å². The van der Waals surface area contributed by atoms with Gasteiger partial charge in [-0.05, 0) is 130 Å². The van der Waals surface area contributed by atoms with Crippen LogP contribution in [0, 0.1) is 46.3 Å². The zero-order valence-corrected chi connectivity index (χ0v) is 40.0. The molecule has 0 saturated carbocycles. The Morgan fingerprint density at radius 3 is 1.51 bits per heavy atom. The summed E-state index contributed by atoms with van der Waals surface area (Å²) in [4.78, 5) is 52.9. The van der Waals surface area contributed by atoms with Gasteiger partial charge < -0.3 is 28.4 Å². The van der Waals surface area contributed by atoms with E-state index in [2.05, 4.69) is 51.1 Å². The van der Waals surface area contributed by atoms with Gasteiger partial charge in [-0.25, -0.2) is 0 Å². The molecule has 10 heteroatoms. The number of aryl methyl sites for hydroxylation is 1. The van der Waals surface area contributed by atoms with Gasteiger partial charge in [0.2, 0.25) is 0 Å². The van der Waals surface area contributed by atoms with Gasteiger partial charge in [-0.3, -0.25) is 19.2 Å². The monoisotopic (exact) mass is 847 g/mol. The lowest BCUT2D eigenvalue weighted by molar-refractivity contribution is -0.240. The first kappa shape index (κ1) is 49.6. The Kier molecular flexibility index (Phi) is 15.6. The Morgan fingerprint density at radius 1 is 0.557 bits per heavy atom. The number of esters is 4. The third-order valence-electron chi connectivity index (χ3n) is 11.9. The molecule has 0 N–H and O–H groups in total. The second-order valence-electron chi connectivity index (χ2n) is 21.5. The van der Waals surface area contributed by atoms with Crippen LogP contribution in [0.2, 0.25) is 0 Å². The largest absolute Gasteiger partial charge is 0.462 e. The lowest BCUT2D eigenvalue weighted by Crippen LogP contribution is -2.57. The molecule has 2 heterocycles. The van der Waals surface area contributed by atoms with Gasteiger partial charge in [0.15, 0.2) is 6.10 Å². The van der Waals surface area contributed by atoms with Crippen LogP contribution in [-0.2, 0) is 47.6 Å². The third-order valence-corrected chi connectivity index (χ3v) is 11.9. The molecule has 0 radical (unpaired) electrons. The molecule has 0 spiro atoms. The van der Waals surface area contributed by atoms with Crippen LogP contribution < -0.4 is 0 Å². The number of carbonyl (C=O) groups excluding carboxylic acids is 4. The van der Waals surface area contributed by atoms with E-state index in [0.717, 1.165) is 34.2 Å². The van der Waals surface area contributed by atoms with E-state index in [0.29, 0.717) is 0 Å². The fourth-order valence-electron chi connectivity index (χ4n) is 7.48. The maximum atomic E-state index is 13.5. The summed E-state index contributed by atoms with van der Waals surface area (Å²) < 4.78 is 37.7. The third kappa shape index (κ3) is 12.3. The van der Waals surface area contributed by atoms with Crippen molar-refractivity contribution in [1.29, 1.82) is 0 Å². The number of rotatable bonds is 10. The van der Waals surface area contributed by atoms with Crippen molar-refractivity contribution in [3.05, 3.63) is 70.3 Å². The predicted octanol–water partition coefficient (Wildman–Crippen LogP) is 10.8. The SMILES string of the molecule is CC[C@H]1O[C@H](c2ccc(/C=C/c3ccc([C@H]4O[C@H](COC(=O)C(C)(C)C)[C@@H](OC(=O)C(C)(C)C)[C@H](OC(=O)C(C)(C)C)[C@@H]4C)c(C)c3)cc2)[C@@H](OC(=O)C(C)(C)C)[C@@H](C)[C@@H]1C. The normalized spacial score (nSPS) is 27.6. The first-order valence-corrected chi connectivity index (χ1v) is 22.0. The summed E-state index contributed by atoms with van der Waals surface area (Å²) in [6, 6.07) is 14.3. The average molecular weight is 847 g/mol.